The summed E-state index contributed by atoms with van der Waals surface area (Å²) < 4.78 is 5.01. The number of rotatable bonds is 5. The maximum absolute atomic E-state index is 12.4. The lowest BCUT2D eigenvalue weighted by Gasteiger charge is -2.35. The van der Waals surface area contributed by atoms with E-state index in [2.05, 4.69) is 15.0 Å². The van der Waals surface area contributed by atoms with Crippen molar-refractivity contribution >= 4 is 11.9 Å². The fourth-order valence-corrected chi connectivity index (χ4v) is 3.35. The number of aromatic nitrogens is 3. The number of aromatic carboxylic acids is 1. The van der Waals surface area contributed by atoms with E-state index in [4.69, 9.17) is 4.74 Å². The van der Waals surface area contributed by atoms with E-state index in [9.17, 15) is 14.7 Å². The number of pyridine rings is 1. The molecule has 1 saturated heterocycles. The Hall–Kier alpha value is -2.87. The van der Waals surface area contributed by atoms with E-state index >= 15 is 0 Å². The van der Waals surface area contributed by atoms with Crippen molar-refractivity contribution in [2.45, 2.75) is 32.2 Å². The van der Waals surface area contributed by atoms with Crippen LogP contribution in [0.25, 0.3) is 11.3 Å². The number of amides is 1. The number of carbonyl (C=O) groups is 2. The molecule has 0 aromatic carbocycles. The number of aryl methyl sites for hydroxylation is 1. The molecule has 0 aliphatic carbocycles. The second-order valence-electron chi connectivity index (χ2n) is 6.52. The van der Waals surface area contributed by atoms with Gasteiger partial charge in [-0.15, -0.1) is 0 Å². The maximum Gasteiger partial charge on any atom is 0.337 e. The van der Waals surface area contributed by atoms with Crippen molar-refractivity contribution in [3.63, 3.8) is 0 Å². The highest BCUT2D eigenvalue weighted by molar-refractivity contribution is 5.88. The minimum atomic E-state index is -1.04. The first-order valence-corrected chi connectivity index (χ1v) is 8.82. The lowest BCUT2D eigenvalue weighted by molar-refractivity contribution is -0.139. The molecule has 0 saturated carbocycles. The van der Waals surface area contributed by atoms with Crippen molar-refractivity contribution in [1.82, 2.24) is 19.9 Å². The molecule has 0 unspecified atom stereocenters. The van der Waals surface area contributed by atoms with E-state index in [-0.39, 0.29) is 24.1 Å². The molecular weight excluding hydrogens is 348 g/mol. The molecule has 1 amide bonds. The first-order chi connectivity index (χ1) is 13.0. The van der Waals surface area contributed by atoms with Gasteiger partial charge in [0.05, 0.1) is 23.0 Å². The molecule has 3 rings (SSSR count). The van der Waals surface area contributed by atoms with Gasteiger partial charge in [-0.25, -0.2) is 14.8 Å². The smallest absolute Gasteiger partial charge is 0.337 e. The van der Waals surface area contributed by atoms with Crippen LogP contribution in [-0.2, 0) is 9.53 Å². The summed E-state index contributed by atoms with van der Waals surface area (Å²) in [5.74, 6) is -0.540. The fourth-order valence-electron chi connectivity index (χ4n) is 3.35. The van der Waals surface area contributed by atoms with Crippen LogP contribution in [0.1, 0.15) is 47.2 Å². The Kier molecular flexibility index (Phi) is 5.75. The molecular formula is C19H22N4O4. The number of nitrogens with zero attached hydrogens (tertiary/aromatic N) is 4. The Morgan fingerprint density at radius 3 is 2.81 bits per heavy atom. The van der Waals surface area contributed by atoms with Crippen LogP contribution in [0.15, 0.2) is 24.5 Å². The number of ether oxygens (including phenoxy) is 1. The minimum Gasteiger partial charge on any atom is -0.478 e. The summed E-state index contributed by atoms with van der Waals surface area (Å²) in [5, 5.41) is 9.19. The summed E-state index contributed by atoms with van der Waals surface area (Å²) in [6.07, 6.45) is 5.65. The van der Waals surface area contributed by atoms with Gasteiger partial charge in [0.25, 0.3) is 0 Å². The zero-order valence-corrected chi connectivity index (χ0v) is 15.4. The zero-order chi connectivity index (χ0) is 19.4. The van der Waals surface area contributed by atoms with Gasteiger partial charge in [0.2, 0.25) is 5.91 Å². The predicted octanol–water partition coefficient (Wildman–Crippen LogP) is 2.25. The highest BCUT2D eigenvalue weighted by Gasteiger charge is 2.29. The van der Waals surface area contributed by atoms with E-state index < -0.39 is 5.97 Å². The van der Waals surface area contributed by atoms with Gasteiger partial charge >= 0.3 is 5.97 Å². The first kappa shape index (κ1) is 18.9. The molecule has 8 heteroatoms. The average molecular weight is 370 g/mol. The fraction of sp³-hybridized carbons (Fsp3) is 0.421. The van der Waals surface area contributed by atoms with Crippen molar-refractivity contribution < 1.29 is 19.4 Å². The second-order valence-corrected chi connectivity index (χ2v) is 6.52. The summed E-state index contributed by atoms with van der Waals surface area (Å²) in [4.78, 5) is 38.4. The Balaban J connectivity index is 1.98. The van der Waals surface area contributed by atoms with Gasteiger partial charge in [-0.1, -0.05) is 0 Å². The predicted molar refractivity (Wildman–Crippen MR) is 97.1 cm³/mol. The van der Waals surface area contributed by atoms with Gasteiger partial charge in [-0.2, -0.15) is 0 Å². The summed E-state index contributed by atoms with van der Waals surface area (Å²) >= 11 is 0. The number of piperidine rings is 1. The molecule has 1 N–H and O–H groups in total. The maximum atomic E-state index is 12.4. The van der Waals surface area contributed by atoms with E-state index in [0.717, 1.165) is 25.0 Å². The number of methoxy groups -OCH3 is 1. The van der Waals surface area contributed by atoms with Crippen LogP contribution < -0.4 is 0 Å². The first-order valence-electron chi connectivity index (χ1n) is 8.82. The lowest BCUT2D eigenvalue weighted by Crippen LogP contribution is -2.40. The van der Waals surface area contributed by atoms with Gasteiger partial charge in [0.15, 0.2) is 0 Å². The highest BCUT2D eigenvalue weighted by atomic mass is 16.5. The molecule has 1 atom stereocenters. The topological polar surface area (TPSA) is 106 Å². The minimum absolute atomic E-state index is 0.0397. The quantitative estimate of drug-likeness (QED) is 0.860. The normalized spacial score (nSPS) is 17.0. The summed E-state index contributed by atoms with van der Waals surface area (Å²) in [6, 6.07) is 3.21. The number of hydrogen-bond donors (Lipinski definition) is 1. The van der Waals surface area contributed by atoms with E-state index in [1.807, 2.05) is 11.0 Å². The van der Waals surface area contributed by atoms with Crippen LogP contribution in [0.5, 0.6) is 0 Å². The van der Waals surface area contributed by atoms with Gasteiger partial charge in [-0.05, 0) is 38.3 Å². The van der Waals surface area contributed by atoms with Crippen molar-refractivity contribution in [2.24, 2.45) is 0 Å². The SMILES string of the molecule is COCC(=O)N1CCCC[C@H]1c1cc(-c2cncc(C(=O)O)c2)nc(C)n1. The molecule has 1 fully saturated rings. The molecule has 2 aromatic heterocycles. The summed E-state index contributed by atoms with van der Waals surface area (Å²) in [6.45, 7) is 2.49. The Morgan fingerprint density at radius 2 is 2.07 bits per heavy atom. The van der Waals surface area contributed by atoms with Gasteiger partial charge < -0.3 is 14.7 Å². The number of likely N-dealkylation sites (tertiary alicyclic amines) is 1. The van der Waals surface area contributed by atoms with Crippen molar-refractivity contribution in [2.75, 3.05) is 20.3 Å². The number of carboxylic acids is 1. The average Bonchev–Trinajstić information content (AvgIpc) is 2.68. The van der Waals surface area contributed by atoms with Crippen molar-refractivity contribution in [1.29, 1.82) is 0 Å². The summed E-state index contributed by atoms with van der Waals surface area (Å²) in [5.41, 5.74) is 2.05. The molecule has 1 aliphatic rings. The van der Waals surface area contributed by atoms with E-state index in [1.165, 1.54) is 19.4 Å². The molecule has 3 heterocycles. The molecule has 1 aliphatic heterocycles. The zero-order valence-electron chi connectivity index (χ0n) is 15.4. The standard InChI is InChI=1S/C19H22N4O4/c1-12-21-15(13-7-14(19(25)26)10-20-9-13)8-16(22-12)17-5-3-4-6-23(17)18(24)11-27-2/h7-10,17H,3-6,11H2,1-2H3,(H,25,26)/t17-/m0/s1. The summed E-state index contributed by atoms with van der Waals surface area (Å²) in [7, 11) is 1.51. The van der Waals surface area contributed by atoms with Crippen LogP contribution in [0.4, 0.5) is 0 Å². The van der Waals surface area contributed by atoms with Crippen molar-refractivity contribution in [3.8, 4) is 11.3 Å². The Labute approximate surface area is 157 Å². The van der Waals surface area contributed by atoms with Gasteiger partial charge in [0, 0.05) is 31.6 Å². The van der Waals surface area contributed by atoms with Gasteiger partial charge in [-0.3, -0.25) is 9.78 Å². The highest BCUT2D eigenvalue weighted by Crippen LogP contribution is 2.31. The van der Waals surface area contributed by atoms with E-state index in [1.54, 1.807) is 13.1 Å². The largest absolute Gasteiger partial charge is 0.478 e. The number of carboxylic acid groups (broad SMARTS) is 1. The molecule has 8 nitrogen and oxygen atoms in total. The third-order valence-corrected chi connectivity index (χ3v) is 4.57. The van der Waals surface area contributed by atoms with E-state index in [0.29, 0.717) is 23.6 Å². The Morgan fingerprint density at radius 1 is 1.26 bits per heavy atom. The molecule has 0 radical (unpaired) electrons. The Bertz CT molecular complexity index is 855. The van der Waals surface area contributed by atoms with Crippen LogP contribution in [0.2, 0.25) is 0 Å². The lowest BCUT2D eigenvalue weighted by atomic mass is 9.97. The third kappa shape index (κ3) is 4.28. The molecule has 0 spiro atoms. The molecule has 27 heavy (non-hydrogen) atoms. The number of hydrogen-bond acceptors (Lipinski definition) is 6. The van der Waals surface area contributed by atoms with Crippen molar-refractivity contribution in [3.05, 3.63) is 41.6 Å². The number of carbonyl (C=O) groups excluding carboxylic acids is 1. The van der Waals surface area contributed by atoms with Crippen LogP contribution >= 0.6 is 0 Å². The molecule has 142 valence electrons. The van der Waals surface area contributed by atoms with Crippen LogP contribution in [0.3, 0.4) is 0 Å². The third-order valence-electron chi connectivity index (χ3n) is 4.57. The van der Waals surface area contributed by atoms with Crippen LogP contribution in [0, 0.1) is 6.92 Å². The second kappa shape index (κ2) is 8.22. The van der Waals surface area contributed by atoms with Crippen LogP contribution in [-0.4, -0.2) is 57.1 Å². The molecule has 0 bridgehead atoms. The van der Waals surface area contributed by atoms with Gasteiger partial charge in [0.1, 0.15) is 12.4 Å². The monoisotopic (exact) mass is 370 g/mol. The molecule has 2 aromatic rings.